The van der Waals surface area contributed by atoms with Crippen LogP contribution in [0.3, 0.4) is 0 Å². The van der Waals surface area contributed by atoms with E-state index in [1.807, 2.05) is 11.3 Å². The minimum atomic E-state index is 0.298. The molecule has 1 aliphatic rings. The topological polar surface area (TPSA) is 6.48 Å². The van der Waals surface area contributed by atoms with E-state index >= 15 is 0 Å². The number of halogens is 1. The van der Waals surface area contributed by atoms with E-state index in [0.717, 1.165) is 13.1 Å². The van der Waals surface area contributed by atoms with E-state index in [1.165, 1.54) is 21.8 Å². The predicted molar refractivity (Wildman–Crippen MR) is 74.0 cm³/mol. The first-order chi connectivity index (χ1) is 7.47. The molecule has 0 aliphatic carbocycles. The second kappa shape index (κ2) is 4.77. The Kier molecular flexibility index (Phi) is 3.74. The molecule has 0 radical (unpaired) electrons. The van der Waals surface area contributed by atoms with Crippen LogP contribution in [0, 0.1) is 0 Å². The molecule has 1 saturated heterocycles. The largest absolute Gasteiger partial charge is 0.299 e. The zero-order chi connectivity index (χ0) is 11.8. The van der Waals surface area contributed by atoms with Crippen LogP contribution in [0.1, 0.15) is 18.7 Å². The number of thiophene rings is 1. The van der Waals surface area contributed by atoms with E-state index in [2.05, 4.69) is 58.8 Å². The normalized spacial score (nSPS) is 22.5. The third-order valence-corrected chi connectivity index (χ3v) is 5.01. The zero-order valence-corrected chi connectivity index (χ0v) is 12.6. The van der Waals surface area contributed by atoms with Crippen molar-refractivity contribution in [2.75, 3.05) is 26.7 Å². The maximum absolute atomic E-state index is 3.52. The van der Waals surface area contributed by atoms with E-state index in [0.29, 0.717) is 5.54 Å². The Morgan fingerprint density at radius 3 is 2.69 bits per heavy atom. The van der Waals surface area contributed by atoms with E-state index < -0.39 is 0 Å². The molecule has 0 atom stereocenters. The summed E-state index contributed by atoms with van der Waals surface area (Å²) in [5.74, 6) is 0. The fourth-order valence-corrected chi connectivity index (χ4v) is 3.66. The lowest BCUT2D eigenvalue weighted by Crippen LogP contribution is -2.57. The molecule has 0 unspecified atom stereocenters. The highest BCUT2D eigenvalue weighted by molar-refractivity contribution is 9.11. The molecule has 1 fully saturated rings. The third kappa shape index (κ3) is 2.86. The highest BCUT2D eigenvalue weighted by Crippen LogP contribution is 2.25. The predicted octanol–water partition coefficient (Wildman–Crippen LogP) is 3.04. The molecule has 2 nitrogen and oxygen atoms in total. The molecule has 1 aromatic rings. The minimum Gasteiger partial charge on any atom is -0.299 e. The molecular weight excluding hydrogens is 284 g/mol. The van der Waals surface area contributed by atoms with Gasteiger partial charge < -0.3 is 0 Å². The molecule has 1 aromatic heterocycles. The summed E-state index contributed by atoms with van der Waals surface area (Å²) in [6.45, 7) is 9.23. The molecule has 0 aromatic carbocycles. The molecule has 0 amide bonds. The van der Waals surface area contributed by atoms with Crippen LogP contribution in [-0.4, -0.2) is 42.0 Å². The first kappa shape index (κ1) is 12.6. The molecule has 0 saturated carbocycles. The summed E-state index contributed by atoms with van der Waals surface area (Å²) in [7, 11) is 2.22. The number of hydrogen-bond acceptors (Lipinski definition) is 3. The third-order valence-electron chi connectivity index (χ3n) is 3.40. The van der Waals surface area contributed by atoms with Crippen molar-refractivity contribution in [2.24, 2.45) is 0 Å². The van der Waals surface area contributed by atoms with Gasteiger partial charge in [-0.05, 0) is 49.0 Å². The Bertz CT molecular complexity index is 362. The summed E-state index contributed by atoms with van der Waals surface area (Å²) < 4.78 is 1.23. The van der Waals surface area contributed by atoms with Crippen molar-refractivity contribution in [3.8, 4) is 0 Å². The highest BCUT2D eigenvalue weighted by Gasteiger charge is 2.30. The van der Waals surface area contributed by atoms with Gasteiger partial charge in [0.05, 0.1) is 3.79 Å². The molecule has 1 aliphatic heterocycles. The Balaban J connectivity index is 1.97. The summed E-state index contributed by atoms with van der Waals surface area (Å²) in [4.78, 5) is 6.46. The summed E-state index contributed by atoms with van der Waals surface area (Å²) in [6, 6.07) is 4.36. The SMILES string of the molecule is CN1CCN(Cc2ccc(Br)s2)CC1(C)C. The molecule has 2 rings (SSSR count). The monoisotopic (exact) mass is 302 g/mol. The molecule has 90 valence electrons. The van der Waals surface area contributed by atoms with Crippen LogP contribution < -0.4 is 0 Å². The van der Waals surface area contributed by atoms with Crippen molar-refractivity contribution in [3.05, 3.63) is 20.8 Å². The van der Waals surface area contributed by atoms with Crippen LogP contribution in [0.2, 0.25) is 0 Å². The highest BCUT2D eigenvalue weighted by atomic mass is 79.9. The molecule has 0 bridgehead atoms. The molecule has 4 heteroatoms. The van der Waals surface area contributed by atoms with Gasteiger partial charge in [0.25, 0.3) is 0 Å². The van der Waals surface area contributed by atoms with E-state index in [-0.39, 0.29) is 0 Å². The molecule has 0 spiro atoms. The lowest BCUT2D eigenvalue weighted by Gasteiger charge is -2.45. The maximum Gasteiger partial charge on any atom is 0.0701 e. The summed E-state index contributed by atoms with van der Waals surface area (Å²) >= 11 is 5.36. The van der Waals surface area contributed by atoms with E-state index in [4.69, 9.17) is 0 Å². The smallest absolute Gasteiger partial charge is 0.0701 e. The van der Waals surface area contributed by atoms with Crippen LogP contribution in [0.5, 0.6) is 0 Å². The zero-order valence-electron chi connectivity index (χ0n) is 10.2. The molecular formula is C12H19BrN2S. The standard InChI is InChI=1S/C12H19BrN2S/c1-12(2)9-15(7-6-14(12)3)8-10-4-5-11(13)16-10/h4-5H,6-9H2,1-3H3. The van der Waals surface area contributed by atoms with Gasteiger partial charge in [-0.1, -0.05) is 0 Å². The van der Waals surface area contributed by atoms with Crippen LogP contribution in [0.4, 0.5) is 0 Å². The van der Waals surface area contributed by atoms with Crippen LogP contribution in [0.15, 0.2) is 15.9 Å². The van der Waals surface area contributed by atoms with Crippen LogP contribution in [-0.2, 0) is 6.54 Å². The Morgan fingerprint density at radius 1 is 1.38 bits per heavy atom. The van der Waals surface area contributed by atoms with Crippen molar-refractivity contribution in [2.45, 2.75) is 25.9 Å². The molecule has 0 N–H and O–H groups in total. The number of piperazine rings is 1. The quantitative estimate of drug-likeness (QED) is 0.828. The molecule has 16 heavy (non-hydrogen) atoms. The van der Waals surface area contributed by atoms with Gasteiger partial charge in [-0.2, -0.15) is 0 Å². The minimum absolute atomic E-state index is 0.298. The first-order valence-corrected chi connectivity index (χ1v) is 7.26. The number of nitrogens with zero attached hydrogens (tertiary/aromatic N) is 2. The fourth-order valence-electron chi connectivity index (χ4n) is 2.13. The number of likely N-dealkylation sites (N-methyl/N-ethyl adjacent to an activating group) is 1. The van der Waals surface area contributed by atoms with Crippen molar-refractivity contribution >= 4 is 27.3 Å². The van der Waals surface area contributed by atoms with Gasteiger partial charge in [-0.25, -0.2) is 0 Å². The van der Waals surface area contributed by atoms with Gasteiger partial charge in [-0.15, -0.1) is 11.3 Å². The van der Waals surface area contributed by atoms with Crippen LogP contribution in [0.25, 0.3) is 0 Å². The second-order valence-corrected chi connectivity index (χ2v) is 7.70. The second-order valence-electron chi connectivity index (χ2n) is 5.15. The summed E-state index contributed by atoms with van der Waals surface area (Å²) in [6.07, 6.45) is 0. The van der Waals surface area contributed by atoms with Gasteiger partial charge in [0, 0.05) is 36.6 Å². The Labute approximate surface area is 110 Å². The summed E-state index contributed by atoms with van der Waals surface area (Å²) in [5.41, 5.74) is 0.298. The average molecular weight is 303 g/mol. The Morgan fingerprint density at radius 2 is 2.12 bits per heavy atom. The van der Waals surface area contributed by atoms with E-state index in [9.17, 15) is 0 Å². The van der Waals surface area contributed by atoms with Gasteiger partial charge in [-0.3, -0.25) is 9.80 Å². The van der Waals surface area contributed by atoms with E-state index in [1.54, 1.807) is 0 Å². The van der Waals surface area contributed by atoms with Crippen molar-refractivity contribution < 1.29 is 0 Å². The van der Waals surface area contributed by atoms with Gasteiger partial charge >= 0.3 is 0 Å². The first-order valence-electron chi connectivity index (χ1n) is 5.65. The maximum atomic E-state index is 3.52. The van der Waals surface area contributed by atoms with Gasteiger partial charge in [0.2, 0.25) is 0 Å². The lowest BCUT2D eigenvalue weighted by molar-refractivity contribution is 0.0365. The lowest BCUT2D eigenvalue weighted by atomic mass is 10.00. The molecule has 2 heterocycles. The number of hydrogen-bond donors (Lipinski definition) is 0. The van der Waals surface area contributed by atoms with Gasteiger partial charge in [0.1, 0.15) is 0 Å². The van der Waals surface area contributed by atoms with Crippen LogP contribution >= 0.6 is 27.3 Å². The fraction of sp³-hybridized carbons (Fsp3) is 0.667. The van der Waals surface area contributed by atoms with Crippen molar-refractivity contribution in [1.82, 2.24) is 9.80 Å². The summed E-state index contributed by atoms with van der Waals surface area (Å²) in [5, 5.41) is 0. The van der Waals surface area contributed by atoms with Crippen molar-refractivity contribution in [3.63, 3.8) is 0 Å². The number of rotatable bonds is 2. The van der Waals surface area contributed by atoms with Gasteiger partial charge in [0.15, 0.2) is 0 Å². The van der Waals surface area contributed by atoms with Crippen molar-refractivity contribution in [1.29, 1.82) is 0 Å². The average Bonchev–Trinajstić information content (AvgIpc) is 2.57. The Hall–Kier alpha value is 0.1000.